The second-order valence-electron chi connectivity index (χ2n) is 6.10. The minimum Gasteiger partial charge on any atom is -0.487 e. The van der Waals surface area contributed by atoms with Crippen LogP contribution in [0.1, 0.15) is 37.3 Å². The van der Waals surface area contributed by atoms with E-state index in [1.54, 1.807) is 6.07 Å². The van der Waals surface area contributed by atoms with Gasteiger partial charge in [0.25, 0.3) is 5.69 Å². The third kappa shape index (κ3) is 2.08. The van der Waals surface area contributed by atoms with Gasteiger partial charge < -0.3 is 9.84 Å². The summed E-state index contributed by atoms with van der Waals surface area (Å²) in [6, 6.07) is 3.45. The van der Waals surface area contributed by atoms with Gasteiger partial charge in [-0.3, -0.25) is 10.1 Å². The number of nitrogens with zero attached hydrogens (tertiary/aromatic N) is 1. The van der Waals surface area contributed by atoms with Gasteiger partial charge >= 0.3 is 0 Å². The van der Waals surface area contributed by atoms with Crippen LogP contribution in [0.15, 0.2) is 12.1 Å². The first kappa shape index (κ1) is 12.4. The van der Waals surface area contributed by atoms with Gasteiger partial charge in [-0.05, 0) is 38.2 Å². The van der Waals surface area contributed by atoms with Gasteiger partial charge in [-0.1, -0.05) is 0 Å². The summed E-state index contributed by atoms with van der Waals surface area (Å²) < 4.78 is 5.83. The minimum absolute atomic E-state index is 0.0885. The van der Waals surface area contributed by atoms with E-state index in [0.717, 1.165) is 17.7 Å². The molecule has 1 saturated carbocycles. The predicted molar refractivity (Wildman–Crippen MR) is 69.4 cm³/mol. The Morgan fingerprint density at radius 1 is 1.53 bits per heavy atom. The molecule has 1 aromatic rings. The Bertz CT molecular complexity index is 553. The summed E-state index contributed by atoms with van der Waals surface area (Å²) in [5, 5.41) is 20.4. The van der Waals surface area contributed by atoms with Crippen molar-refractivity contribution in [3.8, 4) is 5.75 Å². The van der Waals surface area contributed by atoms with E-state index in [4.69, 9.17) is 9.84 Å². The second kappa shape index (κ2) is 3.93. The summed E-state index contributed by atoms with van der Waals surface area (Å²) in [5.41, 5.74) is 1.48. The van der Waals surface area contributed by atoms with Crippen molar-refractivity contribution in [3.63, 3.8) is 0 Å². The van der Waals surface area contributed by atoms with Crippen LogP contribution in [0.5, 0.6) is 5.75 Å². The molecular weight excluding hydrogens is 246 g/mol. The van der Waals surface area contributed by atoms with Crippen molar-refractivity contribution in [2.75, 3.05) is 6.61 Å². The highest BCUT2D eigenvalue weighted by atomic mass is 16.6. The highest BCUT2D eigenvalue weighted by molar-refractivity contribution is 5.55. The molecule has 19 heavy (non-hydrogen) atoms. The first-order valence-corrected chi connectivity index (χ1v) is 6.52. The van der Waals surface area contributed by atoms with Crippen molar-refractivity contribution >= 4 is 5.69 Å². The third-order valence-electron chi connectivity index (χ3n) is 3.97. The lowest BCUT2D eigenvalue weighted by Crippen LogP contribution is -2.24. The Labute approximate surface area is 111 Å². The van der Waals surface area contributed by atoms with Crippen LogP contribution in [-0.2, 0) is 6.42 Å². The Morgan fingerprint density at radius 3 is 2.84 bits per heavy atom. The van der Waals surface area contributed by atoms with Gasteiger partial charge in [0.1, 0.15) is 11.4 Å². The first-order chi connectivity index (χ1) is 8.91. The predicted octanol–water partition coefficient (Wildman–Crippen LogP) is 2.40. The monoisotopic (exact) mass is 263 g/mol. The van der Waals surface area contributed by atoms with Crippen molar-refractivity contribution < 1.29 is 14.8 Å². The second-order valence-corrected chi connectivity index (χ2v) is 6.10. The summed E-state index contributed by atoms with van der Waals surface area (Å²) >= 11 is 0. The first-order valence-electron chi connectivity index (χ1n) is 6.52. The number of nitro groups is 1. The van der Waals surface area contributed by atoms with E-state index >= 15 is 0 Å². The largest absolute Gasteiger partial charge is 0.487 e. The summed E-state index contributed by atoms with van der Waals surface area (Å²) in [6.45, 7) is 4.05. The molecule has 0 amide bonds. The summed E-state index contributed by atoms with van der Waals surface area (Å²) in [4.78, 5) is 10.9. The number of fused-ring (bicyclic) bond motifs is 1. The van der Waals surface area contributed by atoms with Crippen LogP contribution in [0.3, 0.4) is 0 Å². The van der Waals surface area contributed by atoms with Crippen molar-refractivity contribution in [2.24, 2.45) is 5.92 Å². The smallest absolute Gasteiger partial charge is 0.273 e. The van der Waals surface area contributed by atoms with Crippen molar-refractivity contribution in [2.45, 2.75) is 38.2 Å². The van der Waals surface area contributed by atoms with E-state index in [1.165, 1.54) is 0 Å². The SMILES string of the molecule is CC1(C)Cc2cc([N+](=O)[O-])c([C@@H]3C[C@H]3CO)cc2O1. The number of hydrogen-bond acceptors (Lipinski definition) is 4. The molecule has 2 atom stereocenters. The number of nitro benzene ring substituents is 1. The van der Waals surface area contributed by atoms with Gasteiger partial charge in [-0.25, -0.2) is 0 Å². The van der Waals surface area contributed by atoms with E-state index in [0.29, 0.717) is 12.0 Å². The number of benzene rings is 1. The molecule has 0 bridgehead atoms. The number of ether oxygens (including phenoxy) is 1. The van der Waals surface area contributed by atoms with Crippen LogP contribution in [0.2, 0.25) is 0 Å². The summed E-state index contributed by atoms with van der Waals surface area (Å²) in [6.07, 6.45) is 1.51. The number of aliphatic hydroxyl groups excluding tert-OH is 1. The molecule has 1 aliphatic heterocycles. The van der Waals surface area contributed by atoms with Gasteiger partial charge in [0.15, 0.2) is 0 Å². The maximum Gasteiger partial charge on any atom is 0.273 e. The Balaban J connectivity index is 2.03. The van der Waals surface area contributed by atoms with Crippen LogP contribution < -0.4 is 4.74 Å². The molecule has 0 aromatic heterocycles. The van der Waals surface area contributed by atoms with Crippen LogP contribution in [0.4, 0.5) is 5.69 Å². The van der Waals surface area contributed by atoms with E-state index < -0.39 is 0 Å². The zero-order valence-electron chi connectivity index (χ0n) is 11.0. The van der Waals surface area contributed by atoms with Crippen LogP contribution in [0, 0.1) is 16.0 Å². The normalized spacial score (nSPS) is 26.7. The Morgan fingerprint density at radius 2 is 2.26 bits per heavy atom. The topological polar surface area (TPSA) is 72.6 Å². The maximum absolute atomic E-state index is 11.2. The molecule has 0 radical (unpaired) electrons. The molecule has 3 rings (SSSR count). The molecule has 1 aliphatic carbocycles. The van der Waals surface area contributed by atoms with Gasteiger partial charge in [0.2, 0.25) is 0 Å². The molecule has 0 unspecified atom stereocenters. The number of aliphatic hydroxyl groups is 1. The molecule has 5 heteroatoms. The third-order valence-corrected chi connectivity index (χ3v) is 3.97. The zero-order valence-corrected chi connectivity index (χ0v) is 11.0. The molecule has 0 saturated heterocycles. The average Bonchev–Trinajstić information content (AvgIpc) is 3.03. The quantitative estimate of drug-likeness (QED) is 0.671. The lowest BCUT2D eigenvalue weighted by Gasteiger charge is -2.16. The van der Waals surface area contributed by atoms with Crippen molar-refractivity contribution in [1.29, 1.82) is 0 Å². The van der Waals surface area contributed by atoms with Gasteiger partial charge in [0.05, 0.1) is 4.92 Å². The minimum atomic E-state index is -0.326. The lowest BCUT2D eigenvalue weighted by molar-refractivity contribution is -0.385. The Kier molecular flexibility index (Phi) is 2.57. The van der Waals surface area contributed by atoms with Gasteiger partial charge in [0, 0.05) is 30.2 Å². The van der Waals surface area contributed by atoms with E-state index in [-0.39, 0.29) is 34.7 Å². The molecule has 1 heterocycles. The van der Waals surface area contributed by atoms with E-state index in [2.05, 4.69) is 0 Å². The molecule has 1 fully saturated rings. The maximum atomic E-state index is 11.2. The molecular formula is C14H17NO4. The van der Waals surface area contributed by atoms with Crippen LogP contribution in [-0.4, -0.2) is 22.2 Å². The standard InChI is InChI=1S/C14H17NO4/c1-14(2)6-8-4-12(15(17)18)11(5-13(8)19-14)10-3-9(10)7-16/h4-5,9-10,16H,3,6-7H2,1-2H3/t9-,10+/m0/s1. The van der Waals surface area contributed by atoms with Gasteiger partial charge in [-0.2, -0.15) is 0 Å². The fraction of sp³-hybridized carbons (Fsp3) is 0.571. The molecule has 1 aromatic carbocycles. The fourth-order valence-electron chi connectivity index (χ4n) is 2.94. The van der Waals surface area contributed by atoms with Crippen molar-refractivity contribution in [1.82, 2.24) is 0 Å². The lowest BCUT2D eigenvalue weighted by atomic mass is 9.98. The molecule has 1 N–H and O–H groups in total. The molecule has 2 aliphatic rings. The highest BCUT2D eigenvalue weighted by Gasteiger charge is 2.43. The Hall–Kier alpha value is -1.62. The summed E-state index contributed by atoms with van der Waals surface area (Å²) in [5.74, 6) is 1.02. The van der Waals surface area contributed by atoms with Crippen LogP contribution in [0.25, 0.3) is 0 Å². The molecule has 5 nitrogen and oxygen atoms in total. The number of hydrogen-bond donors (Lipinski definition) is 1. The van der Waals surface area contributed by atoms with Gasteiger partial charge in [-0.15, -0.1) is 0 Å². The molecule has 0 spiro atoms. The van der Waals surface area contributed by atoms with E-state index in [1.807, 2.05) is 19.9 Å². The zero-order chi connectivity index (χ0) is 13.8. The van der Waals surface area contributed by atoms with Crippen molar-refractivity contribution in [3.05, 3.63) is 33.4 Å². The number of rotatable bonds is 3. The van der Waals surface area contributed by atoms with Crippen LogP contribution >= 0.6 is 0 Å². The molecule has 102 valence electrons. The average molecular weight is 263 g/mol. The fourth-order valence-corrected chi connectivity index (χ4v) is 2.94. The van der Waals surface area contributed by atoms with E-state index in [9.17, 15) is 10.1 Å². The highest BCUT2D eigenvalue weighted by Crippen LogP contribution is 2.52. The summed E-state index contributed by atoms with van der Waals surface area (Å²) in [7, 11) is 0.